The van der Waals surface area contributed by atoms with Crippen LogP contribution < -0.4 is 10.6 Å². The predicted octanol–water partition coefficient (Wildman–Crippen LogP) is 12.0. The van der Waals surface area contributed by atoms with E-state index in [0.717, 1.165) is 44.5 Å². The van der Waals surface area contributed by atoms with Crippen LogP contribution in [0.2, 0.25) is 0 Å². The van der Waals surface area contributed by atoms with Crippen LogP contribution in [0.25, 0.3) is 11.1 Å². The number of sulfonamides is 4. The van der Waals surface area contributed by atoms with E-state index in [1.165, 1.54) is 17.2 Å². The summed E-state index contributed by atoms with van der Waals surface area (Å²) < 4.78 is 132. The molecule has 0 aliphatic carbocycles. The molecule has 88 heavy (non-hydrogen) atoms. The van der Waals surface area contributed by atoms with Gasteiger partial charge in [-0.15, -0.1) is 0 Å². The van der Waals surface area contributed by atoms with Crippen molar-refractivity contribution in [2.75, 3.05) is 0 Å². The SMILES string of the molecule is Cc1ccc(S(=O)(=O)N2Cc3cc4cc(c3)-c3cc5cc(c3)CN(S(=O)(=O)c3ccc(C)cc3)Cc3cc(c6cc3CN(S(=O)(=O)c3ccc(C(C)(C)C)cc3)Cc3cc(c(cc3C2)CNC4)CN(S(=O)(=O)c2ccc(C(C)(C)C)cc2)C6)CNC5)cc1. The first kappa shape index (κ1) is 61.6. The van der Waals surface area contributed by atoms with Crippen LogP contribution in [0.3, 0.4) is 0 Å². The highest BCUT2D eigenvalue weighted by Crippen LogP contribution is 2.38. The molecular weight excluding hydrogens is 1180 g/mol. The highest BCUT2D eigenvalue weighted by Gasteiger charge is 2.36. The van der Waals surface area contributed by atoms with Crippen LogP contribution in [0.1, 0.15) is 131 Å². The zero-order valence-electron chi connectivity index (χ0n) is 51.2. The number of nitrogens with zero attached hydrogens (tertiary/aromatic N) is 4. The molecule has 2 N–H and O–H groups in total. The molecule has 18 heteroatoms. The van der Waals surface area contributed by atoms with Crippen molar-refractivity contribution in [1.29, 1.82) is 0 Å². The van der Waals surface area contributed by atoms with Crippen molar-refractivity contribution < 1.29 is 33.7 Å². The first-order chi connectivity index (χ1) is 41.6. The molecule has 0 aromatic heterocycles. The summed E-state index contributed by atoms with van der Waals surface area (Å²) in [5.74, 6) is 0. The third kappa shape index (κ3) is 12.5. The Morgan fingerprint density at radius 2 is 0.545 bits per heavy atom. The van der Waals surface area contributed by atoms with Crippen molar-refractivity contribution in [3.05, 3.63) is 247 Å². The van der Waals surface area contributed by atoms with Gasteiger partial charge in [-0.25, -0.2) is 33.7 Å². The second-order valence-electron chi connectivity index (χ2n) is 26.3. The third-order valence-electron chi connectivity index (χ3n) is 17.6. The average Bonchev–Trinajstić information content (AvgIpc) is 1.41. The molecule has 458 valence electrons. The topological polar surface area (TPSA) is 174 Å². The van der Waals surface area contributed by atoms with Crippen molar-refractivity contribution in [1.82, 2.24) is 27.9 Å². The summed E-state index contributed by atoms with van der Waals surface area (Å²) in [5, 5.41) is 7.38. The van der Waals surface area contributed by atoms with Crippen molar-refractivity contribution in [3.8, 4) is 11.1 Å². The lowest BCUT2D eigenvalue weighted by Gasteiger charge is -2.32. The van der Waals surface area contributed by atoms with Gasteiger partial charge in [-0.2, -0.15) is 17.2 Å². The molecule has 0 saturated carbocycles. The number of aryl methyl sites for hydroxylation is 2. The van der Waals surface area contributed by atoms with E-state index in [2.05, 4.69) is 64.3 Å². The molecular formula is C70H76N6O8S4. The Morgan fingerprint density at radius 3 is 0.841 bits per heavy atom. The van der Waals surface area contributed by atoms with Crippen molar-refractivity contribution in [2.24, 2.45) is 0 Å². The Bertz CT molecular complexity index is 4300. The average molecular weight is 1260 g/mol. The van der Waals surface area contributed by atoms with E-state index in [9.17, 15) is 0 Å². The van der Waals surface area contributed by atoms with Gasteiger partial charge in [0.15, 0.2) is 0 Å². The van der Waals surface area contributed by atoms with Crippen LogP contribution in [0, 0.1) is 13.8 Å². The third-order valence-corrected chi connectivity index (χ3v) is 24.8. The maximum atomic E-state index is 16.0. The first-order valence-corrected chi connectivity index (χ1v) is 35.6. The Balaban J connectivity index is 1.18. The molecule has 12 rings (SSSR count). The summed E-state index contributed by atoms with van der Waals surface area (Å²) in [6, 6.07) is 47.3. The molecule has 0 saturated heterocycles. The zero-order valence-corrected chi connectivity index (χ0v) is 54.5. The van der Waals surface area contributed by atoms with Crippen LogP contribution in [-0.4, -0.2) is 50.9 Å². The molecule has 0 spiro atoms. The zero-order chi connectivity index (χ0) is 62.3. The minimum atomic E-state index is -4.48. The number of fused-ring (bicyclic) bond motifs is 17. The Hall–Kier alpha value is -6.68. The Kier molecular flexibility index (Phi) is 16.3. The fourth-order valence-corrected chi connectivity index (χ4v) is 18.0. The fourth-order valence-electron chi connectivity index (χ4n) is 12.4. The highest BCUT2D eigenvalue weighted by atomic mass is 32.2. The van der Waals surface area contributed by atoms with Gasteiger partial charge in [0.2, 0.25) is 40.1 Å². The number of rotatable bonds is 8. The molecule has 4 heterocycles. The van der Waals surface area contributed by atoms with E-state index in [1.807, 2.05) is 86.6 Å². The molecule has 0 unspecified atom stereocenters. The predicted molar refractivity (Wildman–Crippen MR) is 344 cm³/mol. The molecule has 0 radical (unpaired) electrons. The van der Waals surface area contributed by atoms with E-state index in [0.29, 0.717) is 68.7 Å². The summed E-state index contributed by atoms with van der Waals surface area (Å²) in [7, 11) is -17.4. The molecule has 0 amide bonds. The Morgan fingerprint density at radius 1 is 0.295 bits per heavy atom. The van der Waals surface area contributed by atoms with Gasteiger partial charge in [0.1, 0.15) is 0 Å². The van der Waals surface area contributed by atoms with E-state index >= 15 is 33.7 Å². The van der Waals surface area contributed by atoms with Gasteiger partial charge in [-0.1, -0.05) is 138 Å². The van der Waals surface area contributed by atoms with Crippen LogP contribution in [-0.2, 0) is 129 Å². The van der Waals surface area contributed by atoms with E-state index < -0.39 is 40.1 Å². The first-order valence-electron chi connectivity index (χ1n) is 29.9. The van der Waals surface area contributed by atoms with Gasteiger partial charge in [0.25, 0.3) is 0 Å². The van der Waals surface area contributed by atoms with Crippen LogP contribution in [0.4, 0.5) is 0 Å². The summed E-state index contributed by atoms with van der Waals surface area (Å²) in [6.45, 7) is 16.0. The summed E-state index contributed by atoms with van der Waals surface area (Å²) in [4.78, 5) is 0.314. The second kappa shape index (κ2) is 23.3. The van der Waals surface area contributed by atoms with Gasteiger partial charge in [-0.05, 0) is 186 Å². The largest absolute Gasteiger partial charge is 0.309 e. The van der Waals surface area contributed by atoms with Crippen molar-refractivity contribution in [3.63, 3.8) is 0 Å². The molecule has 8 aromatic rings. The number of nitrogens with one attached hydrogen (secondary N) is 2. The second-order valence-corrected chi connectivity index (χ2v) is 34.1. The van der Waals surface area contributed by atoms with Gasteiger partial charge >= 0.3 is 0 Å². The maximum absolute atomic E-state index is 16.0. The monoisotopic (exact) mass is 1260 g/mol. The van der Waals surface area contributed by atoms with Crippen LogP contribution in [0.15, 0.2) is 177 Å². The Labute approximate surface area is 520 Å². The number of hydrogen-bond acceptors (Lipinski definition) is 10. The van der Waals surface area contributed by atoms with Crippen LogP contribution in [0.5, 0.6) is 0 Å². The molecule has 14 nitrogen and oxygen atoms in total. The summed E-state index contributed by atoms with van der Waals surface area (Å²) >= 11 is 0. The minimum absolute atomic E-state index is 0.0359. The number of benzene rings is 8. The van der Waals surface area contributed by atoms with E-state index in [1.54, 1.807) is 72.8 Å². The quantitative estimate of drug-likeness (QED) is 0.149. The highest BCUT2D eigenvalue weighted by molar-refractivity contribution is 7.90. The summed E-state index contributed by atoms with van der Waals surface area (Å²) in [6.07, 6.45) is 0. The number of hydrogen-bond donors (Lipinski definition) is 2. The van der Waals surface area contributed by atoms with Gasteiger partial charge in [0, 0.05) is 78.5 Å². The van der Waals surface area contributed by atoms with E-state index in [-0.39, 0.29) is 95.9 Å². The maximum Gasteiger partial charge on any atom is 0.243 e. The van der Waals surface area contributed by atoms with E-state index in [4.69, 9.17) is 0 Å². The van der Waals surface area contributed by atoms with Crippen molar-refractivity contribution >= 4 is 40.1 Å². The van der Waals surface area contributed by atoms with Gasteiger partial charge in [0.05, 0.1) is 19.6 Å². The fraction of sp³-hybridized carbons (Fsp3) is 0.314. The molecule has 8 aromatic carbocycles. The minimum Gasteiger partial charge on any atom is -0.309 e. The lowest BCUT2D eigenvalue weighted by molar-refractivity contribution is 0.372. The molecule has 0 atom stereocenters. The van der Waals surface area contributed by atoms with Crippen molar-refractivity contribution in [2.45, 2.75) is 164 Å². The lowest BCUT2D eigenvalue weighted by atomic mass is 9.87. The molecule has 0 fully saturated rings. The standard InChI is InChI=1S/C70H76N6O8S4/c1-47-9-17-65(18-10-47)85(77,78)73-39-51-25-49-27-53(29-51)54-28-50-26-52(30-54)40-74(86(79,80)66-19-11-48(2)12-20-66)44-60-32-56(38-72-36-50)58-34-62(60)46-76(88(83,84)68-23-15-64(16-24-68)70(6,7)8)45-61-33-57(55(37-71-35-49)31-59(61)43-73)41-75(42-58)87(81,82)67-21-13-63(14-22-67)69(3,4)5/h9-34,71-72H,35-46H2,1-8H3. The summed E-state index contributed by atoms with van der Waals surface area (Å²) in [5.41, 5.74) is 12.5. The smallest absolute Gasteiger partial charge is 0.243 e. The molecule has 4 aliphatic rings. The molecule has 4 aliphatic heterocycles. The van der Waals surface area contributed by atoms with Gasteiger partial charge < -0.3 is 10.6 Å². The molecule has 14 bridgehead atoms. The lowest BCUT2D eigenvalue weighted by Crippen LogP contribution is -2.36. The van der Waals surface area contributed by atoms with Gasteiger partial charge in [-0.3, -0.25) is 0 Å². The normalized spacial score (nSPS) is 16.9. The van der Waals surface area contributed by atoms with Crippen LogP contribution >= 0.6 is 0 Å².